The predicted molar refractivity (Wildman–Crippen MR) is 62.0 cm³/mol. The molecule has 0 heterocycles. The Morgan fingerprint density at radius 3 is 2.64 bits per heavy atom. The van der Waals surface area contributed by atoms with Gasteiger partial charge in [0, 0.05) is 6.54 Å². The minimum Gasteiger partial charge on any atom is -0.370 e. The van der Waals surface area contributed by atoms with Gasteiger partial charge in [0.15, 0.2) is 5.96 Å². The van der Waals surface area contributed by atoms with Crippen LogP contribution in [0, 0.1) is 12.3 Å². The van der Waals surface area contributed by atoms with Crippen LogP contribution < -0.4 is 11.1 Å². The van der Waals surface area contributed by atoms with Crippen molar-refractivity contribution in [2.24, 2.45) is 5.73 Å². The lowest BCUT2D eigenvalue weighted by Crippen LogP contribution is -2.31. The van der Waals surface area contributed by atoms with Gasteiger partial charge in [-0.25, -0.2) is 0 Å². The Kier molecular flexibility index (Phi) is 5.72. The van der Waals surface area contributed by atoms with Gasteiger partial charge in [0.1, 0.15) is 0 Å². The second-order valence-corrected chi connectivity index (χ2v) is 3.02. The van der Waals surface area contributed by atoms with Crippen LogP contribution in [0.1, 0.15) is 11.1 Å². The molecular formula is C10H16ClN3. The Morgan fingerprint density at radius 2 is 2.07 bits per heavy atom. The third kappa shape index (κ3) is 4.14. The molecule has 1 aromatic rings. The van der Waals surface area contributed by atoms with E-state index in [9.17, 15) is 0 Å². The molecule has 0 spiro atoms. The molecule has 0 saturated carbocycles. The number of halogens is 1. The molecule has 0 amide bonds. The van der Waals surface area contributed by atoms with Crippen LogP contribution >= 0.6 is 12.4 Å². The highest BCUT2D eigenvalue weighted by molar-refractivity contribution is 5.85. The molecule has 0 fully saturated rings. The first-order valence-corrected chi connectivity index (χ1v) is 4.32. The van der Waals surface area contributed by atoms with Crippen LogP contribution in [0.2, 0.25) is 0 Å². The highest BCUT2D eigenvalue weighted by Crippen LogP contribution is 2.06. The van der Waals surface area contributed by atoms with Gasteiger partial charge in [0.05, 0.1) is 0 Å². The Labute approximate surface area is 90.6 Å². The Hall–Kier alpha value is -1.22. The van der Waals surface area contributed by atoms with Gasteiger partial charge in [-0.05, 0) is 24.5 Å². The highest BCUT2D eigenvalue weighted by Gasteiger charge is 1.95. The first-order valence-electron chi connectivity index (χ1n) is 4.32. The number of benzene rings is 1. The maximum atomic E-state index is 6.98. The van der Waals surface area contributed by atoms with Gasteiger partial charge in [-0.2, -0.15) is 0 Å². The zero-order valence-electron chi connectivity index (χ0n) is 8.21. The van der Waals surface area contributed by atoms with Crippen molar-refractivity contribution in [1.82, 2.24) is 5.32 Å². The van der Waals surface area contributed by atoms with Crippen LogP contribution in [-0.4, -0.2) is 12.5 Å². The van der Waals surface area contributed by atoms with Crippen molar-refractivity contribution in [1.29, 1.82) is 5.41 Å². The molecule has 0 unspecified atom stereocenters. The summed E-state index contributed by atoms with van der Waals surface area (Å²) in [7, 11) is 0. The largest absolute Gasteiger partial charge is 0.370 e. The average Bonchev–Trinajstić information content (AvgIpc) is 2.08. The van der Waals surface area contributed by atoms with Crippen molar-refractivity contribution >= 4 is 18.4 Å². The molecule has 1 aromatic carbocycles. The van der Waals surface area contributed by atoms with E-state index in [1.54, 1.807) is 0 Å². The van der Waals surface area contributed by atoms with E-state index in [2.05, 4.69) is 24.4 Å². The number of rotatable bonds is 3. The smallest absolute Gasteiger partial charge is 0.185 e. The van der Waals surface area contributed by atoms with E-state index in [1.807, 2.05) is 12.1 Å². The molecule has 0 radical (unpaired) electrons. The topological polar surface area (TPSA) is 61.9 Å². The zero-order valence-corrected chi connectivity index (χ0v) is 9.03. The summed E-state index contributed by atoms with van der Waals surface area (Å²) in [6.07, 6.45) is 0.909. The summed E-state index contributed by atoms with van der Waals surface area (Å²) >= 11 is 0. The van der Waals surface area contributed by atoms with E-state index >= 15 is 0 Å². The van der Waals surface area contributed by atoms with Crippen LogP contribution in [-0.2, 0) is 6.42 Å². The fraction of sp³-hybridized carbons (Fsp3) is 0.300. The number of hydrogen-bond donors (Lipinski definition) is 3. The molecule has 0 aromatic heterocycles. The molecule has 14 heavy (non-hydrogen) atoms. The molecule has 78 valence electrons. The molecule has 0 atom stereocenters. The summed E-state index contributed by atoms with van der Waals surface area (Å²) in [5.41, 5.74) is 7.75. The van der Waals surface area contributed by atoms with Gasteiger partial charge in [-0.15, -0.1) is 12.4 Å². The maximum absolute atomic E-state index is 6.98. The van der Waals surface area contributed by atoms with Crippen LogP contribution in [0.3, 0.4) is 0 Å². The van der Waals surface area contributed by atoms with Gasteiger partial charge in [0.2, 0.25) is 0 Å². The zero-order chi connectivity index (χ0) is 9.68. The van der Waals surface area contributed by atoms with Crippen LogP contribution in [0.15, 0.2) is 24.3 Å². The minimum absolute atomic E-state index is 0. The first kappa shape index (κ1) is 12.8. The summed E-state index contributed by atoms with van der Waals surface area (Å²) in [6.45, 7) is 2.81. The Balaban J connectivity index is 0.00000169. The van der Waals surface area contributed by atoms with E-state index in [0.29, 0.717) is 0 Å². The summed E-state index contributed by atoms with van der Waals surface area (Å²) in [4.78, 5) is 0. The number of aryl methyl sites for hydroxylation is 1. The summed E-state index contributed by atoms with van der Waals surface area (Å²) in [5, 5.41) is 9.76. The molecule has 4 heteroatoms. The second-order valence-electron chi connectivity index (χ2n) is 3.02. The number of hydrogen-bond acceptors (Lipinski definition) is 1. The molecule has 3 nitrogen and oxygen atoms in total. The average molecular weight is 214 g/mol. The van der Waals surface area contributed by atoms with Crippen molar-refractivity contribution in [2.45, 2.75) is 13.3 Å². The number of nitrogens with two attached hydrogens (primary N) is 1. The Morgan fingerprint density at radius 1 is 1.43 bits per heavy atom. The first-order chi connectivity index (χ1) is 6.20. The van der Waals surface area contributed by atoms with Crippen molar-refractivity contribution in [3.05, 3.63) is 35.4 Å². The van der Waals surface area contributed by atoms with Crippen LogP contribution in [0.25, 0.3) is 0 Å². The Bertz CT molecular complexity index is 299. The summed E-state index contributed by atoms with van der Waals surface area (Å²) in [6, 6.07) is 8.23. The van der Waals surface area contributed by atoms with Crippen molar-refractivity contribution < 1.29 is 0 Å². The lowest BCUT2D eigenvalue weighted by atomic mass is 10.1. The molecule has 0 aliphatic rings. The molecule has 0 aliphatic heterocycles. The standard InChI is InChI=1S/C10H15N3.ClH/c1-8-4-2-3-5-9(8)6-7-13-10(11)12;/h2-5H,6-7H2,1H3,(H4,11,12,13);1H. The van der Waals surface area contributed by atoms with E-state index in [1.165, 1.54) is 11.1 Å². The van der Waals surface area contributed by atoms with Gasteiger partial charge in [-0.3, -0.25) is 5.41 Å². The molecule has 1 rings (SSSR count). The van der Waals surface area contributed by atoms with Gasteiger partial charge in [0.25, 0.3) is 0 Å². The monoisotopic (exact) mass is 213 g/mol. The van der Waals surface area contributed by atoms with E-state index < -0.39 is 0 Å². The third-order valence-corrected chi connectivity index (χ3v) is 1.97. The van der Waals surface area contributed by atoms with Crippen molar-refractivity contribution in [3.63, 3.8) is 0 Å². The lowest BCUT2D eigenvalue weighted by Gasteiger charge is -2.06. The van der Waals surface area contributed by atoms with E-state index in [0.717, 1.165) is 13.0 Å². The molecule has 0 aliphatic carbocycles. The maximum Gasteiger partial charge on any atom is 0.185 e. The van der Waals surface area contributed by atoms with Crippen LogP contribution in [0.4, 0.5) is 0 Å². The fourth-order valence-corrected chi connectivity index (χ4v) is 1.22. The third-order valence-electron chi connectivity index (χ3n) is 1.97. The second kappa shape index (κ2) is 6.27. The minimum atomic E-state index is 0. The van der Waals surface area contributed by atoms with Gasteiger partial charge < -0.3 is 11.1 Å². The lowest BCUT2D eigenvalue weighted by molar-refractivity contribution is 0.849. The normalized spacial score (nSPS) is 8.93. The quantitative estimate of drug-likeness (QED) is 0.526. The molecular weight excluding hydrogens is 198 g/mol. The van der Waals surface area contributed by atoms with Crippen LogP contribution in [0.5, 0.6) is 0 Å². The molecule has 0 bridgehead atoms. The van der Waals surface area contributed by atoms with E-state index in [4.69, 9.17) is 11.1 Å². The predicted octanol–water partition coefficient (Wildman–Crippen LogP) is 1.44. The van der Waals surface area contributed by atoms with Gasteiger partial charge >= 0.3 is 0 Å². The van der Waals surface area contributed by atoms with Crippen molar-refractivity contribution in [2.75, 3.05) is 6.54 Å². The van der Waals surface area contributed by atoms with Crippen molar-refractivity contribution in [3.8, 4) is 0 Å². The van der Waals surface area contributed by atoms with Gasteiger partial charge in [-0.1, -0.05) is 24.3 Å². The number of nitrogens with one attached hydrogen (secondary N) is 2. The summed E-state index contributed by atoms with van der Waals surface area (Å²) in [5.74, 6) is 0.0357. The van der Waals surface area contributed by atoms with E-state index in [-0.39, 0.29) is 18.4 Å². The summed E-state index contributed by atoms with van der Waals surface area (Å²) < 4.78 is 0. The fourth-order valence-electron chi connectivity index (χ4n) is 1.22. The number of guanidine groups is 1. The SMILES string of the molecule is Cc1ccccc1CCNC(=N)N.Cl. The molecule has 0 saturated heterocycles. The molecule has 4 N–H and O–H groups in total. The highest BCUT2D eigenvalue weighted by atomic mass is 35.5.